The fourth-order valence-corrected chi connectivity index (χ4v) is 4.99. The van der Waals surface area contributed by atoms with E-state index in [0.717, 1.165) is 52.9 Å². The second-order valence-electron chi connectivity index (χ2n) is 9.28. The molecular weight excluding hydrogens is 476 g/mol. The average molecular weight is 509 g/mol. The van der Waals surface area contributed by atoms with E-state index in [9.17, 15) is 4.79 Å². The Balaban J connectivity index is 1.44. The summed E-state index contributed by atoms with van der Waals surface area (Å²) in [4.78, 5) is 13.2. The van der Waals surface area contributed by atoms with Crippen LogP contribution in [0.15, 0.2) is 90.1 Å². The minimum absolute atomic E-state index is 0.0903. The van der Waals surface area contributed by atoms with Crippen LogP contribution in [0.2, 0.25) is 0 Å². The van der Waals surface area contributed by atoms with E-state index in [2.05, 4.69) is 80.4 Å². The van der Waals surface area contributed by atoms with E-state index in [-0.39, 0.29) is 12.0 Å². The van der Waals surface area contributed by atoms with Crippen LogP contribution in [0.1, 0.15) is 31.4 Å². The molecule has 5 rings (SSSR count). The predicted octanol–water partition coefficient (Wildman–Crippen LogP) is 4.73. The summed E-state index contributed by atoms with van der Waals surface area (Å²) in [5.41, 5.74) is 10.5. The van der Waals surface area contributed by atoms with Crippen LogP contribution < -0.4 is 5.43 Å². The molecule has 8 heteroatoms. The van der Waals surface area contributed by atoms with Crippen molar-refractivity contribution in [3.05, 3.63) is 101 Å². The van der Waals surface area contributed by atoms with E-state index in [4.69, 9.17) is 4.74 Å². The molecule has 0 spiro atoms. The number of hydrogen-bond donors (Lipinski definition) is 2. The predicted molar refractivity (Wildman–Crippen MR) is 146 cm³/mol. The maximum atomic E-state index is 13.2. The van der Waals surface area contributed by atoms with Crippen molar-refractivity contribution in [2.75, 3.05) is 13.2 Å². The first-order valence-corrected chi connectivity index (χ1v) is 13.1. The van der Waals surface area contributed by atoms with Crippen molar-refractivity contribution in [3.8, 4) is 22.5 Å². The van der Waals surface area contributed by atoms with Crippen LogP contribution >= 0.6 is 0 Å². The maximum Gasteiger partial charge on any atom is 0.337 e. The Morgan fingerprint density at radius 3 is 2.34 bits per heavy atom. The van der Waals surface area contributed by atoms with Crippen LogP contribution in [-0.2, 0) is 22.4 Å². The van der Waals surface area contributed by atoms with Gasteiger partial charge >= 0.3 is 5.97 Å². The van der Waals surface area contributed by atoms with Gasteiger partial charge in [0.2, 0.25) is 5.82 Å². The van der Waals surface area contributed by atoms with E-state index in [1.807, 2.05) is 43.3 Å². The summed E-state index contributed by atoms with van der Waals surface area (Å²) < 4.78 is 5.53. The number of hydrogen-bond acceptors (Lipinski definition) is 7. The maximum absolute atomic E-state index is 13.2. The minimum Gasteiger partial charge on any atom is -0.463 e. The second kappa shape index (κ2) is 11.8. The number of nitrogens with one attached hydrogen (secondary N) is 2. The van der Waals surface area contributed by atoms with Crippen molar-refractivity contribution in [3.63, 3.8) is 0 Å². The molecule has 0 aliphatic carbocycles. The van der Waals surface area contributed by atoms with Gasteiger partial charge in [0.25, 0.3) is 0 Å². The Kier molecular flexibility index (Phi) is 7.89. The normalized spacial score (nSPS) is 15.5. The molecule has 0 bridgehead atoms. The zero-order valence-corrected chi connectivity index (χ0v) is 21.7. The van der Waals surface area contributed by atoms with Gasteiger partial charge in [-0.05, 0) is 47.2 Å². The van der Waals surface area contributed by atoms with E-state index in [1.165, 1.54) is 5.56 Å². The lowest BCUT2D eigenvalue weighted by atomic mass is 9.95. The van der Waals surface area contributed by atoms with Gasteiger partial charge in [0.15, 0.2) is 0 Å². The molecular formula is C30H32N6O2. The molecule has 0 radical (unpaired) electrons. The number of ether oxygens (including phenoxy) is 1. The zero-order valence-electron chi connectivity index (χ0n) is 21.7. The molecule has 0 fully saturated rings. The van der Waals surface area contributed by atoms with Crippen LogP contribution in [0.4, 0.5) is 0 Å². The standard InChI is InChI=1S/C30H32N6O2/c1-3-18-36-27(20-21-10-6-5-7-11-21)28(30(37)38-4-2)26(33-36)19-22-14-16-23(17-15-22)24-12-8-9-13-25(24)29-31-34-35-32-29/h5-17,27,33H,3-4,18-20H2,1-2H3,(H,31,32,34,35). The number of aromatic amines is 1. The Labute approximate surface area is 222 Å². The molecule has 0 amide bonds. The molecule has 0 saturated heterocycles. The topological polar surface area (TPSA) is 96.0 Å². The molecule has 1 aliphatic rings. The highest BCUT2D eigenvalue weighted by molar-refractivity contribution is 5.91. The van der Waals surface area contributed by atoms with Crippen molar-refractivity contribution in [2.24, 2.45) is 0 Å². The highest BCUT2D eigenvalue weighted by atomic mass is 16.5. The summed E-state index contributed by atoms with van der Waals surface area (Å²) in [6.45, 7) is 5.17. The number of aromatic nitrogens is 4. The van der Waals surface area contributed by atoms with Crippen molar-refractivity contribution in [1.29, 1.82) is 0 Å². The Hall–Kier alpha value is -4.30. The zero-order chi connectivity index (χ0) is 26.3. The molecule has 1 atom stereocenters. The van der Waals surface area contributed by atoms with Crippen LogP contribution in [0.3, 0.4) is 0 Å². The molecule has 0 saturated carbocycles. The fraction of sp³-hybridized carbons (Fsp3) is 0.267. The van der Waals surface area contributed by atoms with Gasteiger partial charge in [-0.2, -0.15) is 5.21 Å². The first-order chi connectivity index (χ1) is 18.7. The smallest absolute Gasteiger partial charge is 0.337 e. The molecule has 8 nitrogen and oxygen atoms in total. The van der Waals surface area contributed by atoms with Crippen LogP contribution in [0, 0.1) is 0 Å². The van der Waals surface area contributed by atoms with Gasteiger partial charge in [-0.25, -0.2) is 9.80 Å². The van der Waals surface area contributed by atoms with Crippen molar-refractivity contribution >= 4 is 5.97 Å². The van der Waals surface area contributed by atoms with Crippen molar-refractivity contribution < 1.29 is 9.53 Å². The van der Waals surface area contributed by atoms with Crippen LogP contribution in [0.5, 0.6) is 0 Å². The number of rotatable bonds is 10. The number of H-pyrrole nitrogens is 1. The summed E-state index contributed by atoms with van der Waals surface area (Å²) in [7, 11) is 0. The summed E-state index contributed by atoms with van der Waals surface area (Å²) >= 11 is 0. The largest absolute Gasteiger partial charge is 0.463 e. The molecule has 1 aromatic heterocycles. The van der Waals surface area contributed by atoms with E-state index in [0.29, 0.717) is 18.9 Å². The summed E-state index contributed by atoms with van der Waals surface area (Å²) in [6, 6.07) is 26.6. The SMILES string of the molecule is CCCN1NC(Cc2ccc(-c3ccccc3-c3nn[nH]n3)cc2)=C(C(=O)OCC)C1Cc1ccccc1. The number of carbonyl (C=O) groups excluding carboxylic acids is 1. The number of nitrogens with zero attached hydrogens (tertiary/aromatic N) is 4. The lowest BCUT2D eigenvalue weighted by Crippen LogP contribution is -2.42. The molecule has 194 valence electrons. The number of tetrazole rings is 1. The lowest BCUT2D eigenvalue weighted by Gasteiger charge is -2.26. The molecule has 1 aliphatic heterocycles. The van der Waals surface area contributed by atoms with E-state index in [1.54, 1.807) is 0 Å². The quantitative estimate of drug-likeness (QED) is 0.299. The third-order valence-corrected chi connectivity index (χ3v) is 6.70. The number of carbonyl (C=O) groups is 1. The Morgan fingerprint density at radius 2 is 1.66 bits per heavy atom. The van der Waals surface area contributed by atoms with Gasteiger partial charge < -0.3 is 10.2 Å². The van der Waals surface area contributed by atoms with Gasteiger partial charge in [0.1, 0.15) is 0 Å². The molecule has 2 heterocycles. The first kappa shape index (κ1) is 25.4. The van der Waals surface area contributed by atoms with Gasteiger partial charge in [-0.3, -0.25) is 0 Å². The van der Waals surface area contributed by atoms with Crippen LogP contribution in [-0.4, -0.2) is 50.8 Å². The molecule has 38 heavy (non-hydrogen) atoms. The third-order valence-electron chi connectivity index (χ3n) is 6.70. The Morgan fingerprint density at radius 1 is 0.921 bits per heavy atom. The fourth-order valence-electron chi connectivity index (χ4n) is 4.99. The second-order valence-corrected chi connectivity index (χ2v) is 9.28. The molecule has 4 aromatic rings. The minimum atomic E-state index is -0.250. The summed E-state index contributed by atoms with van der Waals surface area (Å²) in [5.74, 6) is 0.310. The molecule has 1 unspecified atom stereocenters. The van der Waals surface area contributed by atoms with Gasteiger partial charge in [0.05, 0.1) is 18.2 Å². The highest BCUT2D eigenvalue weighted by Gasteiger charge is 2.37. The van der Waals surface area contributed by atoms with Gasteiger partial charge in [-0.15, -0.1) is 10.2 Å². The van der Waals surface area contributed by atoms with Gasteiger partial charge in [-0.1, -0.05) is 85.8 Å². The summed E-state index contributed by atoms with van der Waals surface area (Å²) in [6.07, 6.45) is 2.31. The van der Waals surface area contributed by atoms with Gasteiger partial charge in [0, 0.05) is 24.2 Å². The number of benzene rings is 3. The third kappa shape index (κ3) is 5.50. The lowest BCUT2D eigenvalue weighted by molar-refractivity contribution is -0.139. The monoisotopic (exact) mass is 508 g/mol. The summed E-state index contributed by atoms with van der Waals surface area (Å²) in [5, 5.41) is 16.7. The van der Waals surface area contributed by atoms with Crippen molar-refractivity contribution in [1.82, 2.24) is 31.1 Å². The Bertz CT molecular complexity index is 1380. The van der Waals surface area contributed by atoms with Crippen LogP contribution in [0.25, 0.3) is 22.5 Å². The number of allylic oxidation sites excluding steroid dienone is 1. The number of hydrazine groups is 1. The first-order valence-electron chi connectivity index (χ1n) is 13.1. The molecule has 3 aromatic carbocycles. The average Bonchev–Trinajstić information content (AvgIpc) is 3.59. The highest BCUT2D eigenvalue weighted by Crippen LogP contribution is 2.31. The van der Waals surface area contributed by atoms with E-state index >= 15 is 0 Å². The molecule has 2 N–H and O–H groups in total. The van der Waals surface area contributed by atoms with Crippen molar-refractivity contribution in [2.45, 2.75) is 39.2 Å². The number of esters is 1. The van der Waals surface area contributed by atoms with E-state index < -0.39 is 0 Å².